The molecule has 2 heterocycles. The molecule has 1 aromatic heterocycles. The van der Waals surface area contributed by atoms with E-state index in [0.29, 0.717) is 41.5 Å². The van der Waals surface area contributed by atoms with Gasteiger partial charge in [-0.05, 0) is 48.9 Å². The number of piperidine rings is 1. The van der Waals surface area contributed by atoms with Crippen molar-refractivity contribution in [1.29, 1.82) is 0 Å². The van der Waals surface area contributed by atoms with Crippen LogP contribution in [-0.2, 0) is 11.0 Å². The lowest BCUT2D eigenvalue weighted by molar-refractivity contribution is -0.174. The summed E-state index contributed by atoms with van der Waals surface area (Å²) in [5.41, 5.74) is -2.00. The number of carbonyl (C=O) groups is 3. The number of fused-ring (bicyclic) bond motifs is 1. The number of nitrogens with zero attached hydrogens (tertiary/aromatic N) is 2. The SMILES string of the molecule is O=C(N[C@H]1CCCC[C@H]1Nc1c(C(=O)N2C[C@@H](O)C[C@@H](NC(=O)C(F)(F)F)C2)cc(Br)cc1C(F)(F)F)c1cncc2cc(Cl)ccc12. The topological polar surface area (TPSA) is 124 Å². The summed E-state index contributed by atoms with van der Waals surface area (Å²) < 4.78 is 82.0. The predicted octanol–water partition coefficient (Wildman–Crippen LogP) is 6.08. The van der Waals surface area contributed by atoms with E-state index in [2.05, 4.69) is 31.5 Å². The third-order valence-corrected chi connectivity index (χ3v) is 9.02. The summed E-state index contributed by atoms with van der Waals surface area (Å²) in [5, 5.41) is 19.5. The Morgan fingerprint density at radius 2 is 1.65 bits per heavy atom. The molecule has 258 valence electrons. The van der Waals surface area contributed by atoms with Gasteiger partial charge in [0.15, 0.2) is 0 Å². The Kier molecular flexibility index (Phi) is 10.5. The molecule has 48 heavy (non-hydrogen) atoms. The Bertz CT molecular complexity index is 1730. The third-order valence-electron chi connectivity index (χ3n) is 8.33. The zero-order valence-electron chi connectivity index (χ0n) is 24.9. The van der Waals surface area contributed by atoms with Crippen molar-refractivity contribution in [1.82, 2.24) is 20.5 Å². The Morgan fingerprint density at radius 3 is 2.33 bits per heavy atom. The van der Waals surface area contributed by atoms with Crippen LogP contribution in [0.4, 0.5) is 32.0 Å². The first-order valence-corrected chi connectivity index (χ1v) is 16.0. The van der Waals surface area contributed by atoms with Crippen molar-refractivity contribution >= 4 is 61.7 Å². The molecule has 0 unspecified atom stereocenters. The number of benzene rings is 2. The lowest BCUT2D eigenvalue weighted by Gasteiger charge is -2.37. The van der Waals surface area contributed by atoms with E-state index < -0.39 is 84.2 Å². The van der Waals surface area contributed by atoms with Gasteiger partial charge in [0.2, 0.25) is 0 Å². The van der Waals surface area contributed by atoms with Gasteiger partial charge in [-0.2, -0.15) is 26.3 Å². The highest BCUT2D eigenvalue weighted by Crippen LogP contribution is 2.41. The molecule has 1 aliphatic carbocycles. The average Bonchev–Trinajstić information content (AvgIpc) is 3.00. The molecule has 17 heteroatoms. The molecule has 9 nitrogen and oxygen atoms in total. The monoisotopic (exact) mass is 763 g/mol. The van der Waals surface area contributed by atoms with Gasteiger partial charge in [0.1, 0.15) is 0 Å². The highest BCUT2D eigenvalue weighted by Gasteiger charge is 2.43. The summed E-state index contributed by atoms with van der Waals surface area (Å²) in [7, 11) is 0. The molecular weight excluding hydrogens is 736 g/mol. The van der Waals surface area contributed by atoms with Crippen LogP contribution in [0.2, 0.25) is 5.02 Å². The van der Waals surface area contributed by atoms with E-state index in [1.54, 1.807) is 29.7 Å². The number of pyridine rings is 1. The number of amides is 3. The standard InChI is InChI=1S/C31H29BrClF6N5O4/c32-16-8-21(28(47)44-13-18(10-19(45)14-44)41-29(48)31(37,38)39)26(23(9-16)30(34,35)36)42-24-3-1-2-4-25(24)43-27(46)22-12-40-11-15-7-17(33)5-6-20(15)22/h5-9,11-12,18-19,24-25,42,45H,1-4,10,13-14H2,(H,41,48)(H,43,46)/t18-,19+,24-,25+/m1/s1. The molecule has 5 rings (SSSR count). The molecule has 2 fully saturated rings. The number of hydrogen-bond donors (Lipinski definition) is 4. The summed E-state index contributed by atoms with van der Waals surface area (Å²) in [6.45, 7) is -0.881. The molecule has 1 saturated heterocycles. The number of rotatable bonds is 6. The van der Waals surface area contributed by atoms with Crippen molar-refractivity contribution < 1.29 is 45.8 Å². The summed E-state index contributed by atoms with van der Waals surface area (Å²) >= 11 is 9.10. The van der Waals surface area contributed by atoms with E-state index in [-0.39, 0.29) is 16.5 Å². The van der Waals surface area contributed by atoms with Crippen molar-refractivity contribution in [3.63, 3.8) is 0 Å². The van der Waals surface area contributed by atoms with Crippen LogP contribution in [-0.4, -0.2) is 76.2 Å². The van der Waals surface area contributed by atoms with Crippen LogP contribution in [0, 0.1) is 0 Å². The minimum absolute atomic E-state index is 0.0970. The van der Waals surface area contributed by atoms with E-state index in [9.17, 15) is 45.8 Å². The fraction of sp³-hybridized carbons (Fsp3) is 0.419. The molecule has 4 N–H and O–H groups in total. The van der Waals surface area contributed by atoms with Crippen LogP contribution in [0.25, 0.3) is 10.8 Å². The zero-order valence-corrected chi connectivity index (χ0v) is 27.2. The Hall–Kier alpha value is -3.63. The molecule has 2 aliphatic rings. The van der Waals surface area contributed by atoms with Crippen LogP contribution in [0.5, 0.6) is 0 Å². The minimum atomic E-state index is -5.22. The summed E-state index contributed by atoms with van der Waals surface area (Å²) in [4.78, 5) is 43.9. The number of anilines is 1. The third kappa shape index (κ3) is 8.14. The first-order chi connectivity index (χ1) is 22.5. The van der Waals surface area contributed by atoms with Gasteiger partial charge in [-0.25, -0.2) is 0 Å². The predicted molar refractivity (Wildman–Crippen MR) is 168 cm³/mol. The summed E-state index contributed by atoms with van der Waals surface area (Å²) in [5.74, 6) is -3.79. The molecule has 0 bridgehead atoms. The molecule has 3 amide bonds. The second kappa shape index (κ2) is 14.1. The number of nitrogens with one attached hydrogen (secondary N) is 3. The van der Waals surface area contributed by atoms with E-state index in [1.807, 2.05) is 0 Å². The van der Waals surface area contributed by atoms with Crippen LogP contribution < -0.4 is 16.0 Å². The van der Waals surface area contributed by atoms with Crippen molar-refractivity contribution in [3.8, 4) is 0 Å². The van der Waals surface area contributed by atoms with Crippen molar-refractivity contribution in [2.75, 3.05) is 18.4 Å². The molecule has 0 radical (unpaired) electrons. The smallest absolute Gasteiger partial charge is 0.391 e. The second-order valence-electron chi connectivity index (χ2n) is 11.8. The van der Waals surface area contributed by atoms with Gasteiger partial charge >= 0.3 is 18.3 Å². The highest BCUT2D eigenvalue weighted by atomic mass is 79.9. The number of aliphatic hydroxyl groups excluding tert-OH is 1. The maximum absolute atomic E-state index is 14.5. The molecule has 1 aliphatic heterocycles. The van der Waals surface area contributed by atoms with Gasteiger partial charge in [0.05, 0.1) is 28.5 Å². The van der Waals surface area contributed by atoms with Crippen LogP contribution in [0.1, 0.15) is 58.4 Å². The van der Waals surface area contributed by atoms with Gasteiger partial charge in [-0.15, -0.1) is 0 Å². The van der Waals surface area contributed by atoms with Crippen LogP contribution >= 0.6 is 27.5 Å². The largest absolute Gasteiger partial charge is 0.471 e. The van der Waals surface area contributed by atoms with Gasteiger partial charge < -0.3 is 26.0 Å². The highest BCUT2D eigenvalue weighted by molar-refractivity contribution is 9.10. The van der Waals surface area contributed by atoms with Gasteiger partial charge in [0.25, 0.3) is 11.8 Å². The van der Waals surface area contributed by atoms with Crippen LogP contribution in [0.3, 0.4) is 0 Å². The van der Waals surface area contributed by atoms with E-state index >= 15 is 0 Å². The van der Waals surface area contributed by atoms with E-state index in [1.165, 1.54) is 6.20 Å². The van der Waals surface area contributed by atoms with Crippen molar-refractivity contribution in [3.05, 3.63) is 68.9 Å². The molecule has 2 aromatic carbocycles. The van der Waals surface area contributed by atoms with E-state index in [0.717, 1.165) is 17.0 Å². The summed E-state index contributed by atoms with van der Waals surface area (Å²) in [6.07, 6.45) is -6.88. The first kappa shape index (κ1) is 35.7. The number of likely N-dealkylation sites (tertiary alicyclic amines) is 1. The molecule has 4 atom stereocenters. The maximum Gasteiger partial charge on any atom is 0.471 e. The van der Waals surface area contributed by atoms with Gasteiger partial charge in [0, 0.05) is 58.5 Å². The number of aliphatic hydroxyl groups is 1. The Morgan fingerprint density at radius 1 is 0.938 bits per heavy atom. The number of β-amino-alcohol motifs (C(OH)–C–C–N with tert-alkyl or cyclic N) is 1. The maximum atomic E-state index is 14.5. The number of carbonyl (C=O) groups excluding carboxylic acids is 3. The van der Waals surface area contributed by atoms with Crippen molar-refractivity contribution in [2.24, 2.45) is 0 Å². The van der Waals surface area contributed by atoms with E-state index in [4.69, 9.17) is 11.6 Å². The molecule has 3 aromatic rings. The fourth-order valence-electron chi connectivity index (χ4n) is 6.17. The van der Waals surface area contributed by atoms with Gasteiger partial charge in [-0.3, -0.25) is 19.4 Å². The molecular formula is C31H29BrClF6N5O4. The lowest BCUT2D eigenvalue weighted by atomic mass is 9.89. The quantitative estimate of drug-likeness (QED) is 0.226. The fourth-order valence-corrected chi connectivity index (χ4v) is 6.81. The number of halogens is 8. The van der Waals surface area contributed by atoms with Crippen molar-refractivity contribution in [2.45, 2.75) is 68.7 Å². The van der Waals surface area contributed by atoms with Crippen LogP contribution in [0.15, 0.2) is 47.2 Å². The average molecular weight is 765 g/mol. The van der Waals surface area contributed by atoms with Gasteiger partial charge in [-0.1, -0.05) is 46.4 Å². The summed E-state index contributed by atoms with van der Waals surface area (Å²) in [6, 6.07) is 4.12. The second-order valence-corrected chi connectivity index (χ2v) is 13.2. The Labute approximate surface area is 283 Å². The minimum Gasteiger partial charge on any atom is -0.391 e. The molecule has 0 spiro atoms. The number of hydrogen-bond acceptors (Lipinski definition) is 6. The number of alkyl halides is 6. The Balaban J connectivity index is 1.45. The normalized spacial score (nSPS) is 21.9. The number of aromatic nitrogens is 1. The zero-order chi connectivity index (χ0) is 35.0. The molecule has 1 saturated carbocycles. The first-order valence-electron chi connectivity index (χ1n) is 14.9. The lowest BCUT2D eigenvalue weighted by Crippen LogP contribution is -2.56.